The number of nitrogens with two attached hydrogens (primary N) is 2. The van der Waals surface area contributed by atoms with Crippen LogP contribution in [-0.4, -0.2) is 25.0 Å². The predicted octanol–water partition coefficient (Wildman–Crippen LogP) is 0.296. The van der Waals surface area contributed by atoms with Crippen LogP contribution in [0.3, 0.4) is 0 Å². The van der Waals surface area contributed by atoms with Crippen molar-refractivity contribution in [3.63, 3.8) is 0 Å². The second-order valence-electron chi connectivity index (χ2n) is 4.50. The number of hydrogen-bond acceptors (Lipinski definition) is 4. The van der Waals surface area contributed by atoms with E-state index in [0.29, 0.717) is 12.2 Å². The van der Waals surface area contributed by atoms with Crippen LogP contribution in [-0.2, 0) is 16.1 Å². The molecule has 0 fully saturated rings. The fourth-order valence-corrected chi connectivity index (χ4v) is 1.64. The van der Waals surface area contributed by atoms with Crippen LogP contribution in [0.2, 0.25) is 0 Å². The Kier molecular flexibility index (Phi) is 7.13. The van der Waals surface area contributed by atoms with Gasteiger partial charge in [0.1, 0.15) is 5.75 Å². The average Bonchev–Trinajstić information content (AvgIpc) is 2.41. The number of primary amides is 2. The van der Waals surface area contributed by atoms with E-state index in [1.165, 1.54) is 0 Å². The van der Waals surface area contributed by atoms with E-state index in [9.17, 15) is 9.59 Å². The summed E-state index contributed by atoms with van der Waals surface area (Å²) in [6.07, 6.45) is 2.17. The molecule has 0 radical (unpaired) electrons. The van der Waals surface area contributed by atoms with Gasteiger partial charge >= 0.3 is 0 Å². The number of amides is 2. The van der Waals surface area contributed by atoms with Crippen molar-refractivity contribution >= 4 is 11.8 Å². The molecule has 1 aromatic carbocycles. The first-order valence-corrected chi connectivity index (χ1v) is 6.57. The van der Waals surface area contributed by atoms with Crippen LogP contribution >= 0.6 is 0 Å². The molecule has 0 spiro atoms. The molecule has 1 aromatic rings. The van der Waals surface area contributed by atoms with Gasteiger partial charge < -0.3 is 21.5 Å². The smallest absolute Gasteiger partial charge is 0.255 e. The Morgan fingerprint density at radius 3 is 2.35 bits per heavy atom. The summed E-state index contributed by atoms with van der Waals surface area (Å²) in [4.78, 5) is 21.1. The molecule has 0 bridgehead atoms. The molecule has 0 atom stereocenters. The molecule has 20 heavy (non-hydrogen) atoms. The van der Waals surface area contributed by atoms with E-state index in [0.717, 1.165) is 31.5 Å². The summed E-state index contributed by atoms with van der Waals surface area (Å²) in [5, 5.41) is 3.28. The van der Waals surface area contributed by atoms with Gasteiger partial charge in [-0.05, 0) is 37.1 Å². The lowest BCUT2D eigenvalue weighted by Crippen LogP contribution is -2.20. The zero-order valence-corrected chi connectivity index (χ0v) is 11.4. The van der Waals surface area contributed by atoms with Gasteiger partial charge in [-0.1, -0.05) is 12.1 Å². The average molecular weight is 279 g/mol. The van der Waals surface area contributed by atoms with E-state index in [4.69, 9.17) is 16.2 Å². The summed E-state index contributed by atoms with van der Waals surface area (Å²) in [7, 11) is 0. The van der Waals surface area contributed by atoms with Crippen LogP contribution < -0.4 is 21.5 Å². The van der Waals surface area contributed by atoms with E-state index in [2.05, 4.69) is 5.32 Å². The fraction of sp³-hybridized carbons (Fsp3) is 0.429. The third kappa shape index (κ3) is 7.38. The molecule has 0 aromatic heterocycles. The molecule has 6 heteroatoms. The highest BCUT2D eigenvalue weighted by molar-refractivity contribution is 5.75. The second-order valence-corrected chi connectivity index (χ2v) is 4.50. The maximum Gasteiger partial charge on any atom is 0.255 e. The van der Waals surface area contributed by atoms with Gasteiger partial charge in [-0.3, -0.25) is 9.59 Å². The van der Waals surface area contributed by atoms with Crippen LogP contribution in [0.1, 0.15) is 24.8 Å². The lowest BCUT2D eigenvalue weighted by atomic mass is 10.2. The fourth-order valence-electron chi connectivity index (χ4n) is 1.64. The normalized spacial score (nSPS) is 10.2. The lowest BCUT2D eigenvalue weighted by Gasteiger charge is -2.07. The Labute approximate surface area is 118 Å². The van der Waals surface area contributed by atoms with Gasteiger partial charge in [-0.15, -0.1) is 0 Å². The number of benzene rings is 1. The van der Waals surface area contributed by atoms with E-state index in [1.54, 1.807) is 12.1 Å². The van der Waals surface area contributed by atoms with Crippen molar-refractivity contribution in [2.24, 2.45) is 11.5 Å². The van der Waals surface area contributed by atoms with Crippen LogP contribution in [0.5, 0.6) is 5.75 Å². The summed E-state index contributed by atoms with van der Waals surface area (Å²) in [5.41, 5.74) is 11.2. The minimum atomic E-state index is -0.494. The molecule has 6 nitrogen and oxygen atoms in total. The number of unbranched alkanes of at least 4 members (excludes halogenated alkanes) is 1. The SMILES string of the molecule is NC(=O)CCCCNCc1ccc(OCC(N)=O)cc1. The van der Waals surface area contributed by atoms with E-state index in [-0.39, 0.29) is 12.5 Å². The number of nitrogens with one attached hydrogen (secondary N) is 1. The first-order valence-electron chi connectivity index (χ1n) is 6.57. The molecule has 0 saturated carbocycles. The van der Waals surface area contributed by atoms with Gasteiger partial charge in [0.05, 0.1) is 0 Å². The molecule has 0 aliphatic rings. The largest absolute Gasteiger partial charge is 0.484 e. The Balaban J connectivity index is 2.18. The van der Waals surface area contributed by atoms with E-state index in [1.807, 2.05) is 12.1 Å². The van der Waals surface area contributed by atoms with Crippen molar-refractivity contribution < 1.29 is 14.3 Å². The van der Waals surface area contributed by atoms with Crippen molar-refractivity contribution in [3.8, 4) is 5.75 Å². The highest BCUT2D eigenvalue weighted by atomic mass is 16.5. The summed E-state index contributed by atoms with van der Waals surface area (Å²) in [5.74, 6) is -0.128. The van der Waals surface area contributed by atoms with E-state index < -0.39 is 5.91 Å². The number of hydrogen-bond donors (Lipinski definition) is 3. The van der Waals surface area contributed by atoms with Crippen molar-refractivity contribution in [2.45, 2.75) is 25.8 Å². The lowest BCUT2D eigenvalue weighted by molar-refractivity contribution is -0.120. The minimum absolute atomic E-state index is 0.114. The molecule has 0 aliphatic heterocycles. The summed E-state index contributed by atoms with van der Waals surface area (Å²) < 4.78 is 5.16. The number of carbonyl (C=O) groups excluding carboxylic acids is 2. The molecule has 2 amide bonds. The standard InChI is InChI=1S/C14H21N3O3/c15-13(18)3-1-2-8-17-9-11-4-6-12(7-5-11)20-10-14(16)19/h4-7,17H,1-3,8-10H2,(H2,15,18)(H2,16,19). The van der Waals surface area contributed by atoms with Crippen LogP contribution in [0, 0.1) is 0 Å². The predicted molar refractivity (Wildman–Crippen MR) is 75.9 cm³/mol. The number of carbonyl (C=O) groups is 2. The Morgan fingerprint density at radius 2 is 1.75 bits per heavy atom. The third-order valence-corrected chi connectivity index (χ3v) is 2.66. The Hall–Kier alpha value is -2.08. The van der Waals surface area contributed by atoms with Gasteiger partial charge in [0.25, 0.3) is 5.91 Å². The van der Waals surface area contributed by atoms with Crippen molar-refractivity contribution in [2.75, 3.05) is 13.2 Å². The molecule has 1 rings (SSSR count). The monoisotopic (exact) mass is 279 g/mol. The van der Waals surface area contributed by atoms with Gasteiger partial charge in [0, 0.05) is 13.0 Å². The zero-order chi connectivity index (χ0) is 14.8. The molecule has 0 heterocycles. The van der Waals surface area contributed by atoms with Crippen LogP contribution in [0.25, 0.3) is 0 Å². The molecule has 110 valence electrons. The third-order valence-electron chi connectivity index (χ3n) is 2.66. The quantitative estimate of drug-likeness (QED) is 0.535. The minimum Gasteiger partial charge on any atom is -0.484 e. The number of ether oxygens (including phenoxy) is 1. The van der Waals surface area contributed by atoms with Gasteiger partial charge in [0.15, 0.2) is 6.61 Å². The second kappa shape index (κ2) is 8.92. The van der Waals surface area contributed by atoms with Gasteiger partial charge in [-0.2, -0.15) is 0 Å². The first kappa shape index (κ1) is 16.0. The topological polar surface area (TPSA) is 107 Å². The Morgan fingerprint density at radius 1 is 1.05 bits per heavy atom. The highest BCUT2D eigenvalue weighted by Gasteiger charge is 1.99. The first-order chi connectivity index (χ1) is 9.58. The van der Waals surface area contributed by atoms with Crippen molar-refractivity contribution in [1.82, 2.24) is 5.32 Å². The molecular formula is C14H21N3O3. The maximum absolute atomic E-state index is 10.6. The summed E-state index contributed by atoms with van der Waals surface area (Å²) >= 11 is 0. The summed E-state index contributed by atoms with van der Waals surface area (Å²) in [6.45, 7) is 1.47. The maximum atomic E-state index is 10.6. The number of rotatable bonds is 10. The molecule has 5 N–H and O–H groups in total. The summed E-state index contributed by atoms with van der Waals surface area (Å²) in [6, 6.07) is 7.44. The molecular weight excluding hydrogens is 258 g/mol. The Bertz CT molecular complexity index is 432. The highest BCUT2D eigenvalue weighted by Crippen LogP contribution is 2.11. The van der Waals surface area contributed by atoms with Crippen LogP contribution in [0.15, 0.2) is 24.3 Å². The van der Waals surface area contributed by atoms with E-state index >= 15 is 0 Å². The van der Waals surface area contributed by atoms with Crippen molar-refractivity contribution in [3.05, 3.63) is 29.8 Å². The zero-order valence-electron chi connectivity index (χ0n) is 11.4. The van der Waals surface area contributed by atoms with Crippen molar-refractivity contribution in [1.29, 1.82) is 0 Å². The van der Waals surface area contributed by atoms with Gasteiger partial charge in [0.2, 0.25) is 5.91 Å². The molecule has 0 saturated heterocycles. The molecule has 0 aliphatic carbocycles. The molecule has 0 unspecified atom stereocenters. The van der Waals surface area contributed by atoms with Crippen LogP contribution in [0.4, 0.5) is 0 Å². The van der Waals surface area contributed by atoms with Gasteiger partial charge in [-0.25, -0.2) is 0 Å².